The van der Waals surface area contributed by atoms with Crippen molar-refractivity contribution in [3.8, 4) is 0 Å². The molecule has 0 bridgehead atoms. The molecule has 2 rings (SSSR count). The maximum Gasteiger partial charge on any atom is 0.225 e. The van der Waals surface area contributed by atoms with E-state index in [9.17, 15) is 9.59 Å². The van der Waals surface area contributed by atoms with Crippen molar-refractivity contribution in [1.29, 1.82) is 0 Å². The van der Waals surface area contributed by atoms with E-state index in [2.05, 4.69) is 0 Å². The minimum atomic E-state index is -0.146. The van der Waals surface area contributed by atoms with Crippen LogP contribution in [0.15, 0.2) is 0 Å². The third-order valence-corrected chi connectivity index (χ3v) is 4.52. The summed E-state index contributed by atoms with van der Waals surface area (Å²) in [7, 11) is 0. The van der Waals surface area contributed by atoms with E-state index in [-0.39, 0.29) is 17.1 Å². The van der Waals surface area contributed by atoms with Gasteiger partial charge in [-0.05, 0) is 0 Å². The second-order valence-corrected chi connectivity index (χ2v) is 5.74. The zero-order valence-corrected chi connectivity index (χ0v) is 8.99. The second-order valence-electron chi connectivity index (χ2n) is 3.32. The molecule has 2 fully saturated rings. The highest BCUT2D eigenvalue weighted by atomic mass is 32.2. The molecule has 5 heteroatoms. The lowest BCUT2D eigenvalue weighted by molar-refractivity contribution is -0.133. The Kier molecular flexibility index (Phi) is 2.55. The predicted molar refractivity (Wildman–Crippen MR) is 54.6 cm³/mol. The highest BCUT2D eigenvalue weighted by Crippen LogP contribution is 2.31. The molecule has 72 valence electrons. The average Bonchev–Trinajstić information content (AvgIpc) is 2.36. The normalized spacial score (nSPS) is 34.7. The predicted octanol–water partition coefficient (Wildman–Crippen LogP) is 0.940. The Bertz CT molecular complexity index is 257. The number of thioether (sulfide) groups is 2. The minimum absolute atomic E-state index is 0.140. The van der Waals surface area contributed by atoms with Crippen molar-refractivity contribution >= 4 is 34.5 Å². The summed E-state index contributed by atoms with van der Waals surface area (Å²) in [4.78, 5) is 24.7. The van der Waals surface area contributed by atoms with Gasteiger partial charge in [-0.2, -0.15) is 11.8 Å². The Hall–Kier alpha value is -0.160. The summed E-state index contributed by atoms with van der Waals surface area (Å²) in [6, 6.07) is -0.146. The van der Waals surface area contributed by atoms with Crippen LogP contribution in [0.2, 0.25) is 0 Å². The van der Waals surface area contributed by atoms with Crippen LogP contribution in [0, 0.1) is 0 Å². The molecular formula is C8H11NO2S2. The van der Waals surface area contributed by atoms with Crippen molar-refractivity contribution in [3.63, 3.8) is 0 Å². The van der Waals surface area contributed by atoms with Crippen LogP contribution in [-0.4, -0.2) is 38.8 Å². The van der Waals surface area contributed by atoms with Crippen molar-refractivity contribution < 1.29 is 9.59 Å². The van der Waals surface area contributed by atoms with Gasteiger partial charge in [-0.15, -0.1) is 0 Å². The van der Waals surface area contributed by atoms with Crippen molar-refractivity contribution in [2.45, 2.75) is 24.6 Å². The highest BCUT2D eigenvalue weighted by Gasteiger charge is 2.38. The lowest BCUT2D eigenvalue weighted by Gasteiger charge is -2.18. The molecule has 2 aliphatic heterocycles. The maximum atomic E-state index is 11.6. The van der Waals surface area contributed by atoms with Gasteiger partial charge >= 0.3 is 0 Å². The fraction of sp³-hybridized carbons (Fsp3) is 0.750. The summed E-state index contributed by atoms with van der Waals surface area (Å²) >= 11 is 3.00. The molecule has 0 radical (unpaired) electrons. The standard InChI is InChI=1S/C8H11NO2S2/c1-5-2-7(10)9-4-13-8(11)6(9)3-12-5/h5-6H,2-4H2,1H3. The van der Waals surface area contributed by atoms with Gasteiger partial charge in [-0.3, -0.25) is 9.59 Å². The first-order valence-corrected chi connectivity index (χ1v) is 6.29. The molecule has 0 saturated carbocycles. The van der Waals surface area contributed by atoms with Crippen LogP contribution in [-0.2, 0) is 9.59 Å². The third-order valence-electron chi connectivity index (χ3n) is 2.32. The first-order valence-electron chi connectivity index (χ1n) is 4.26. The molecule has 2 saturated heterocycles. The van der Waals surface area contributed by atoms with Gasteiger partial charge < -0.3 is 4.90 Å². The number of hydrogen-bond acceptors (Lipinski definition) is 4. The zero-order valence-electron chi connectivity index (χ0n) is 7.36. The number of carbonyl (C=O) groups is 2. The Morgan fingerprint density at radius 1 is 1.46 bits per heavy atom. The van der Waals surface area contributed by atoms with Crippen LogP contribution in [0.25, 0.3) is 0 Å². The third kappa shape index (κ3) is 1.72. The molecular weight excluding hydrogens is 206 g/mol. The first-order chi connectivity index (χ1) is 6.18. The zero-order chi connectivity index (χ0) is 9.42. The summed E-state index contributed by atoms with van der Waals surface area (Å²) in [5.74, 6) is 1.48. The largest absolute Gasteiger partial charge is 0.321 e. The van der Waals surface area contributed by atoms with Gasteiger partial charge in [0.05, 0.1) is 5.88 Å². The Morgan fingerprint density at radius 2 is 2.23 bits per heavy atom. The van der Waals surface area contributed by atoms with Gasteiger partial charge in [0.1, 0.15) is 6.04 Å². The van der Waals surface area contributed by atoms with Gasteiger partial charge in [0, 0.05) is 17.4 Å². The molecule has 1 amide bonds. The smallest absolute Gasteiger partial charge is 0.225 e. The van der Waals surface area contributed by atoms with Crippen LogP contribution in [0.1, 0.15) is 13.3 Å². The summed E-state index contributed by atoms with van der Waals surface area (Å²) in [5, 5.41) is 0.519. The van der Waals surface area contributed by atoms with Crippen LogP contribution in [0.5, 0.6) is 0 Å². The molecule has 2 heterocycles. The molecule has 0 N–H and O–H groups in total. The van der Waals surface area contributed by atoms with Crippen molar-refractivity contribution in [2.75, 3.05) is 11.6 Å². The monoisotopic (exact) mass is 217 g/mol. The number of carbonyl (C=O) groups excluding carboxylic acids is 2. The van der Waals surface area contributed by atoms with Gasteiger partial charge in [0.25, 0.3) is 0 Å². The van der Waals surface area contributed by atoms with E-state index in [1.807, 2.05) is 6.92 Å². The Morgan fingerprint density at radius 3 is 3.00 bits per heavy atom. The summed E-state index contributed by atoms with van der Waals surface area (Å²) in [6.45, 7) is 2.04. The van der Waals surface area contributed by atoms with Crippen molar-refractivity contribution in [2.24, 2.45) is 0 Å². The SMILES string of the molecule is CC1CC(=O)N2CSC(=O)C2CS1. The molecule has 0 spiro atoms. The van der Waals surface area contributed by atoms with E-state index in [0.29, 0.717) is 17.5 Å². The van der Waals surface area contributed by atoms with Gasteiger partial charge in [-0.1, -0.05) is 18.7 Å². The van der Waals surface area contributed by atoms with Crippen LogP contribution >= 0.6 is 23.5 Å². The number of rotatable bonds is 0. The van der Waals surface area contributed by atoms with Crippen LogP contribution < -0.4 is 0 Å². The molecule has 0 aromatic heterocycles. The lowest BCUT2D eigenvalue weighted by Crippen LogP contribution is -2.38. The second kappa shape index (κ2) is 3.53. The van der Waals surface area contributed by atoms with E-state index >= 15 is 0 Å². The fourth-order valence-electron chi connectivity index (χ4n) is 1.53. The highest BCUT2D eigenvalue weighted by molar-refractivity contribution is 8.14. The Labute approximate surface area is 85.6 Å². The van der Waals surface area contributed by atoms with Crippen molar-refractivity contribution in [3.05, 3.63) is 0 Å². The molecule has 2 unspecified atom stereocenters. The molecule has 0 aromatic carbocycles. The van der Waals surface area contributed by atoms with Crippen LogP contribution in [0.4, 0.5) is 0 Å². The molecule has 2 atom stereocenters. The molecule has 0 aromatic rings. The van der Waals surface area contributed by atoms with E-state index in [1.54, 1.807) is 16.7 Å². The number of fused-ring (bicyclic) bond motifs is 1. The van der Waals surface area contributed by atoms with E-state index < -0.39 is 0 Å². The minimum Gasteiger partial charge on any atom is -0.321 e. The number of hydrogen-bond donors (Lipinski definition) is 0. The quantitative estimate of drug-likeness (QED) is 0.605. The molecule has 2 aliphatic rings. The fourth-order valence-corrected chi connectivity index (χ4v) is 3.73. The first kappa shape index (κ1) is 9.40. The Balaban J connectivity index is 2.17. The van der Waals surface area contributed by atoms with Gasteiger partial charge in [-0.25, -0.2) is 0 Å². The lowest BCUT2D eigenvalue weighted by atomic mass is 10.2. The average molecular weight is 217 g/mol. The van der Waals surface area contributed by atoms with Gasteiger partial charge in [0.2, 0.25) is 11.0 Å². The topological polar surface area (TPSA) is 37.4 Å². The molecule has 3 nitrogen and oxygen atoms in total. The molecule has 0 aliphatic carbocycles. The van der Waals surface area contributed by atoms with Crippen molar-refractivity contribution in [1.82, 2.24) is 4.90 Å². The van der Waals surface area contributed by atoms with E-state index in [4.69, 9.17) is 0 Å². The number of nitrogens with zero attached hydrogens (tertiary/aromatic N) is 1. The van der Waals surface area contributed by atoms with Gasteiger partial charge in [0.15, 0.2) is 0 Å². The summed E-state index contributed by atoms with van der Waals surface area (Å²) in [6.07, 6.45) is 0.578. The van der Waals surface area contributed by atoms with E-state index in [1.165, 1.54) is 11.8 Å². The molecule has 13 heavy (non-hydrogen) atoms. The maximum absolute atomic E-state index is 11.6. The number of amides is 1. The van der Waals surface area contributed by atoms with E-state index in [0.717, 1.165) is 5.75 Å². The summed E-state index contributed by atoms with van der Waals surface area (Å²) in [5.41, 5.74) is 0. The summed E-state index contributed by atoms with van der Waals surface area (Å²) < 4.78 is 0. The van der Waals surface area contributed by atoms with Crippen LogP contribution in [0.3, 0.4) is 0 Å².